The van der Waals surface area contributed by atoms with Crippen molar-refractivity contribution in [2.24, 2.45) is 5.41 Å². The molecule has 39 heavy (non-hydrogen) atoms. The molecule has 2 fully saturated rings. The number of hydrogen-bond donors (Lipinski definition) is 3. The highest BCUT2D eigenvalue weighted by atomic mass is 35.5. The van der Waals surface area contributed by atoms with Gasteiger partial charge in [-0.1, -0.05) is 23.7 Å². The number of halogens is 1. The summed E-state index contributed by atoms with van der Waals surface area (Å²) in [4.78, 5) is 40.3. The Balaban J connectivity index is 1.45. The first kappa shape index (κ1) is 28.4. The van der Waals surface area contributed by atoms with Crippen LogP contribution >= 0.6 is 11.6 Å². The first-order chi connectivity index (χ1) is 18.5. The molecule has 0 aliphatic carbocycles. The Morgan fingerprint density at radius 3 is 2.69 bits per heavy atom. The lowest BCUT2D eigenvalue weighted by Crippen LogP contribution is -2.56. The number of hydrazine groups is 1. The van der Waals surface area contributed by atoms with Crippen molar-refractivity contribution in [2.75, 3.05) is 6.54 Å². The molecular formula is C29H34ClN5O4. The SMILES string of the molecule is Cc1cc(C(=O)NCC(=O)N2[C@H](c3cccc(Cl)c3)CC[C@@H]2C(C)(C)C#N)ccc1OC1CC(C)NNC1=O. The summed E-state index contributed by atoms with van der Waals surface area (Å²) in [5.41, 5.74) is 6.68. The van der Waals surface area contributed by atoms with Gasteiger partial charge in [0.25, 0.3) is 11.8 Å². The lowest BCUT2D eigenvalue weighted by Gasteiger charge is -2.36. The van der Waals surface area contributed by atoms with Gasteiger partial charge in [-0.25, -0.2) is 5.43 Å². The third kappa shape index (κ3) is 6.35. The lowest BCUT2D eigenvalue weighted by molar-refractivity contribution is -0.135. The first-order valence-corrected chi connectivity index (χ1v) is 13.5. The molecule has 206 valence electrons. The fourth-order valence-corrected chi connectivity index (χ4v) is 5.47. The third-order valence-corrected chi connectivity index (χ3v) is 7.67. The van der Waals surface area contributed by atoms with Crippen LogP contribution in [0.4, 0.5) is 0 Å². The van der Waals surface area contributed by atoms with Crippen LogP contribution in [0.1, 0.15) is 67.6 Å². The van der Waals surface area contributed by atoms with Gasteiger partial charge in [0.15, 0.2) is 6.10 Å². The molecule has 9 nitrogen and oxygen atoms in total. The Bertz CT molecular complexity index is 1310. The largest absolute Gasteiger partial charge is 0.480 e. The highest BCUT2D eigenvalue weighted by Crippen LogP contribution is 2.43. The van der Waals surface area contributed by atoms with Crippen LogP contribution in [-0.2, 0) is 9.59 Å². The summed E-state index contributed by atoms with van der Waals surface area (Å²) in [5.74, 6) is -0.397. The summed E-state index contributed by atoms with van der Waals surface area (Å²) in [7, 11) is 0. The van der Waals surface area contributed by atoms with Crippen molar-refractivity contribution in [1.82, 2.24) is 21.1 Å². The number of nitrogens with one attached hydrogen (secondary N) is 3. The molecule has 0 spiro atoms. The Morgan fingerprint density at radius 1 is 1.23 bits per heavy atom. The maximum atomic E-state index is 13.5. The Labute approximate surface area is 233 Å². The van der Waals surface area contributed by atoms with E-state index >= 15 is 0 Å². The zero-order valence-electron chi connectivity index (χ0n) is 22.6. The van der Waals surface area contributed by atoms with Gasteiger partial charge in [0.05, 0.1) is 30.1 Å². The predicted molar refractivity (Wildman–Crippen MR) is 147 cm³/mol. The van der Waals surface area contributed by atoms with Gasteiger partial charge >= 0.3 is 0 Å². The van der Waals surface area contributed by atoms with Crippen molar-refractivity contribution < 1.29 is 19.1 Å². The normalized spacial score (nSPS) is 23.1. The van der Waals surface area contributed by atoms with Crippen LogP contribution in [0.15, 0.2) is 42.5 Å². The van der Waals surface area contributed by atoms with Crippen LogP contribution in [0.5, 0.6) is 5.75 Å². The van der Waals surface area contributed by atoms with E-state index in [1.165, 1.54) is 0 Å². The first-order valence-electron chi connectivity index (χ1n) is 13.1. The van der Waals surface area contributed by atoms with Gasteiger partial charge in [0.1, 0.15) is 5.75 Å². The molecule has 3 amide bonds. The van der Waals surface area contributed by atoms with Crippen LogP contribution in [0, 0.1) is 23.7 Å². The zero-order chi connectivity index (χ0) is 28.3. The fraction of sp³-hybridized carbons (Fsp3) is 0.448. The van der Waals surface area contributed by atoms with E-state index in [9.17, 15) is 19.6 Å². The minimum atomic E-state index is -0.761. The number of carbonyl (C=O) groups excluding carboxylic acids is 3. The second-order valence-electron chi connectivity index (χ2n) is 10.8. The van der Waals surface area contributed by atoms with E-state index in [-0.39, 0.29) is 36.5 Å². The molecule has 4 rings (SSSR count). The summed E-state index contributed by atoms with van der Waals surface area (Å²) >= 11 is 6.22. The molecule has 3 N–H and O–H groups in total. The summed E-state index contributed by atoms with van der Waals surface area (Å²) < 4.78 is 5.91. The summed E-state index contributed by atoms with van der Waals surface area (Å²) in [6.45, 7) is 7.20. The monoisotopic (exact) mass is 551 g/mol. The number of likely N-dealkylation sites (tertiary alicyclic amines) is 1. The molecule has 0 bridgehead atoms. The van der Waals surface area contributed by atoms with Gasteiger partial charge in [-0.05, 0) is 82.0 Å². The topological polar surface area (TPSA) is 124 Å². The van der Waals surface area contributed by atoms with Crippen LogP contribution < -0.4 is 20.9 Å². The van der Waals surface area contributed by atoms with Crippen molar-refractivity contribution in [1.29, 1.82) is 5.26 Å². The Kier molecular flexibility index (Phi) is 8.48. The predicted octanol–water partition coefficient (Wildman–Crippen LogP) is 3.82. The second kappa shape index (κ2) is 11.6. The maximum Gasteiger partial charge on any atom is 0.275 e. The summed E-state index contributed by atoms with van der Waals surface area (Å²) in [6, 6.07) is 14.2. The summed E-state index contributed by atoms with van der Waals surface area (Å²) in [6.07, 6.45) is 1.26. The van der Waals surface area contributed by atoms with E-state index in [1.54, 1.807) is 36.1 Å². The highest BCUT2D eigenvalue weighted by Gasteiger charge is 2.45. The number of carbonyl (C=O) groups is 3. The number of aryl methyl sites for hydroxylation is 1. The molecule has 2 heterocycles. The molecule has 10 heteroatoms. The number of hydrogen-bond acceptors (Lipinski definition) is 6. The van der Waals surface area contributed by atoms with E-state index in [0.717, 1.165) is 5.56 Å². The zero-order valence-corrected chi connectivity index (χ0v) is 23.3. The number of ether oxygens (including phenoxy) is 1. The molecule has 2 aromatic rings. The Hall–Kier alpha value is -3.61. The number of nitriles is 1. The third-order valence-electron chi connectivity index (χ3n) is 7.44. The van der Waals surface area contributed by atoms with Crippen molar-refractivity contribution in [2.45, 2.75) is 71.2 Å². The molecule has 0 radical (unpaired) electrons. The van der Waals surface area contributed by atoms with E-state index in [0.29, 0.717) is 41.2 Å². The van der Waals surface area contributed by atoms with Crippen molar-refractivity contribution in [3.63, 3.8) is 0 Å². The van der Waals surface area contributed by atoms with Crippen molar-refractivity contribution >= 4 is 29.3 Å². The molecule has 2 aromatic carbocycles. The smallest absolute Gasteiger partial charge is 0.275 e. The average Bonchev–Trinajstić information content (AvgIpc) is 3.37. The average molecular weight is 552 g/mol. The van der Waals surface area contributed by atoms with E-state index in [4.69, 9.17) is 16.3 Å². The van der Waals surface area contributed by atoms with E-state index in [2.05, 4.69) is 22.2 Å². The van der Waals surface area contributed by atoms with Gasteiger partial charge in [-0.15, -0.1) is 0 Å². The van der Waals surface area contributed by atoms with E-state index in [1.807, 2.05) is 39.0 Å². The second-order valence-corrected chi connectivity index (χ2v) is 11.3. The lowest BCUT2D eigenvalue weighted by atomic mass is 9.84. The van der Waals surface area contributed by atoms with Crippen LogP contribution in [-0.4, -0.2) is 47.4 Å². The fourth-order valence-electron chi connectivity index (χ4n) is 5.27. The van der Waals surface area contributed by atoms with Gasteiger partial charge in [-0.2, -0.15) is 5.26 Å². The number of amides is 3. The van der Waals surface area contributed by atoms with Crippen molar-refractivity contribution in [3.05, 3.63) is 64.2 Å². The van der Waals surface area contributed by atoms with Gasteiger partial charge < -0.3 is 15.0 Å². The number of benzene rings is 2. The van der Waals surface area contributed by atoms with Crippen LogP contribution in [0.25, 0.3) is 0 Å². The number of rotatable bonds is 7. The molecule has 2 aliphatic rings. The molecule has 2 aliphatic heterocycles. The minimum Gasteiger partial charge on any atom is -0.480 e. The highest BCUT2D eigenvalue weighted by molar-refractivity contribution is 6.30. The molecule has 0 saturated carbocycles. The standard InChI is InChI=1S/C29H34ClN5O4/c1-17-12-20(8-10-23(17)39-24-13-18(2)33-34-28(24)38)27(37)32-15-26(36)35-22(19-6-5-7-21(30)14-19)9-11-25(35)29(3,4)16-31/h5-8,10,12,14,18,22,24-25,33H,9,11,13,15H2,1-4H3,(H,32,37)(H,34,38)/t18?,22-,24?,25+/m0/s1. The molecule has 2 unspecified atom stereocenters. The van der Waals surface area contributed by atoms with Crippen LogP contribution in [0.2, 0.25) is 5.02 Å². The van der Waals surface area contributed by atoms with Gasteiger partial charge in [0.2, 0.25) is 5.91 Å². The van der Waals surface area contributed by atoms with E-state index < -0.39 is 17.4 Å². The molecular weight excluding hydrogens is 518 g/mol. The summed E-state index contributed by atoms with van der Waals surface area (Å²) in [5, 5.41) is 13.1. The minimum absolute atomic E-state index is 0.0722. The molecule has 4 atom stereocenters. The quantitative estimate of drug-likeness (QED) is 0.480. The Morgan fingerprint density at radius 2 is 2.00 bits per heavy atom. The van der Waals surface area contributed by atoms with Crippen LogP contribution in [0.3, 0.4) is 0 Å². The van der Waals surface area contributed by atoms with Gasteiger partial charge in [0, 0.05) is 23.0 Å². The number of nitrogens with zero attached hydrogens (tertiary/aromatic N) is 2. The van der Waals surface area contributed by atoms with Crippen molar-refractivity contribution in [3.8, 4) is 11.8 Å². The molecule has 0 aromatic heterocycles. The van der Waals surface area contributed by atoms with Gasteiger partial charge in [-0.3, -0.25) is 19.8 Å². The molecule has 2 saturated heterocycles. The maximum absolute atomic E-state index is 13.5.